The number of benzene rings is 1. The van der Waals surface area contributed by atoms with Crippen molar-refractivity contribution in [1.29, 1.82) is 0 Å². The van der Waals surface area contributed by atoms with Crippen LogP contribution in [0.1, 0.15) is 33.1 Å². The van der Waals surface area contributed by atoms with E-state index in [0.717, 1.165) is 13.1 Å². The molecular weight excluding hydrogens is 196 g/mol. The Bertz CT molecular complexity index is 255. The van der Waals surface area contributed by atoms with Gasteiger partial charge < -0.3 is 10.6 Å². The zero-order valence-electron chi connectivity index (χ0n) is 10.5. The predicted molar refractivity (Wildman–Crippen MR) is 71.9 cm³/mol. The predicted octanol–water partition coefficient (Wildman–Crippen LogP) is 3.27. The van der Waals surface area contributed by atoms with E-state index in [2.05, 4.69) is 48.7 Å². The first-order valence-electron chi connectivity index (χ1n) is 6.39. The maximum absolute atomic E-state index is 3.57. The average Bonchev–Trinajstić information content (AvgIpc) is 2.35. The van der Waals surface area contributed by atoms with Crippen molar-refractivity contribution in [1.82, 2.24) is 5.32 Å². The van der Waals surface area contributed by atoms with Gasteiger partial charge in [-0.3, -0.25) is 0 Å². The monoisotopic (exact) mass is 220 g/mol. The van der Waals surface area contributed by atoms with Crippen LogP contribution in [0.3, 0.4) is 0 Å². The highest BCUT2D eigenvalue weighted by Gasteiger charge is 2.00. The summed E-state index contributed by atoms with van der Waals surface area (Å²) >= 11 is 0. The molecule has 2 heteroatoms. The van der Waals surface area contributed by atoms with E-state index >= 15 is 0 Å². The number of para-hydroxylation sites is 1. The molecule has 90 valence electrons. The number of hydrogen-bond donors (Lipinski definition) is 2. The van der Waals surface area contributed by atoms with Crippen LogP contribution in [0.5, 0.6) is 0 Å². The second kappa shape index (κ2) is 8.17. The van der Waals surface area contributed by atoms with Gasteiger partial charge in [0.2, 0.25) is 0 Å². The van der Waals surface area contributed by atoms with Crippen LogP contribution in [-0.4, -0.2) is 19.1 Å². The fraction of sp³-hybridized carbons (Fsp3) is 0.571. The van der Waals surface area contributed by atoms with E-state index in [4.69, 9.17) is 0 Å². The third-order valence-electron chi connectivity index (χ3n) is 2.88. The first kappa shape index (κ1) is 13.0. The summed E-state index contributed by atoms with van der Waals surface area (Å²) in [6, 6.07) is 11.1. The van der Waals surface area contributed by atoms with Gasteiger partial charge in [-0.25, -0.2) is 0 Å². The van der Waals surface area contributed by atoms with Gasteiger partial charge in [0.05, 0.1) is 0 Å². The molecule has 1 aromatic carbocycles. The number of hydrogen-bond acceptors (Lipinski definition) is 2. The van der Waals surface area contributed by atoms with E-state index in [1.165, 1.54) is 24.9 Å². The van der Waals surface area contributed by atoms with Crippen molar-refractivity contribution in [2.24, 2.45) is 0 Å². The largest absolute Gasteiger partial charge is 0.385 e. The van der Waals surface area contributed by atoms with Crippen molar-refractivity contribution in [2.75, 3.05) is 18.4 Å². The summed E-state index contributed by atoms with van der Waals surface area (Å²) in [7, 11) is 0. The van der Waals surface area contributed by atoms with E-state index < -0.39 is 0 Å². The van der Waals surface area contributed by atoms with Crippen LogP contribution < -0.4 is 10.6 Å². The van der Waals surface area contributed by atoms with Crippen LogP contribution >= 0.6 is 0 Å². The molecule has 1 aromatic rings. The molecule has 16 heavy (non-hydrogen) atoms. The fourth-order valence-corrected chi connectivity index (χ4v) is 1.76. The van der Waals surface area contributed by atoms with E-state index in [-0.39, 0.29) is 0 Å². The SMILES string of the molecule is CCC(CC)NCCCNc1ccccc1. The van der Waals surface area contributed by atoms with Gasteiger partial charge in [-0.05, 0) is 37.9 Å². The Labute approximate surface area is 99.5 Å². The summed E-state index contributed by atoms with van der Waals surface area (Å²) in [5, 5.41) is 6.98. The molecule has 0 bridgehead atoms. The quantitative estimate of drug-likeness (QED) is 0.657. The third-order valence-corrected chi connectivity index (χ3v) is 2.88. The molecule has 0 unspecified atom stereocenters. The Morgan fingerprint density at radius 2 is 1.69 bits per heavy atom. The minimum atomic E-state index is 0.691. The van der Waals surface area contributed by atoms with Crippen molar-refractivity contribution in [2.45, 2.75) is 39.2 Å². The molecule has 0 aliphatic rings. The van der Waals surface area contributed by atoms with E-state index in [9.17, 15) is 0 Å². The summed E-state index contributed by atoms with van der Waals surface area (Å²) in [6.07, 6.45) is 3.62. The molecule has 0 aromatic heterocycles. The fourth-order valence-electron chi connectivity index (χ4n) is 1.76. The molecule has 0 heterocycles. The molecule has 1 rings (SSSR count). The average molecular weight is 220 g/mol. The van der Waals surface area contributed by atoms with Crippen LogP contribution in [0.4, 0.5) is 5.69 Å². The molecular formula is C14H24N2. The van der Waals surface area contributed by atoms with Crippen molar-refractivity contribution in [3.05, 3.63) is 30.3 Å². The topological polar surface area (TPSA) is 24.1 Å². The Hall–Kier alpha value is -1.02. The summed E-state index contributed by atoms with van der Waals surface area (Å²) in [5.41, 5.74) is 1.21. The molecule has 0 aliphatic carbocycles. The lowest BCUT2D eigenvalue weighted by molar-refractivity contribution is 0.482. The molecule has 0 aliphatic heterocycles. The maximum Gasteiger partial charge on any atom is 0.0340 e. The van der Waals surface area contributed by atoms with Gasteiger partial charge in [-0.15, -0.1) is 0 Å². The van der Waals surface area contributed by atoms with Gasteiger partial charge >= 0.3 is 0 Å². The first-order chi connectivity index (χ1) is 7.86. The first-order valence-corrected chi connectivity index (χ1v) is 6.39. The van der Waals surface area contributed by atoms with Gasteiger partial charge in [0.1, 0.15) is 0 Å². The van der Waals surface area contributed by atoms with Crippen LogP contribution in [0.15, 0.2) is 30.3 Å². The van der Waals surface area contributed by atoms with Gasteiger partial charge in [-0.1, -0.05) is 32.0 Å². The number of anilines is 1. The second-order valence-electron chi connectivity index (χ2n) is 4.11. The van der Waals surface area contributed by atoms with E-state index in [0.29, 0.717) is 6.04 Å². The Balaban J connectivity index is 2.04. The van der Waals surface area contributed by atoms with Gasteiger partial charge in [0.15, 0.2) is 0 Å². The Morgan fingerprint density at radius 3 is 2.31 bits per heavy atom. The molecule has 0 fully saturated rings. The molecule has 0 saturated heterocycles. The van der Waals surface area contributed by atoms with Crippen molar-refractivity contribution in [3.63, 3.8) is 0 Å². The second-order valence-corrected chi connectivity index (χ2v) is 4.11. The van der Waals surface area contributed by atoms with Crippen LogP contribution in [0, 0.1) is 0 Å². The molecule has 2 N–H and O–H groups in total. The summed E-state index contributed by atoms with van der Waals surface area (Å²) in [5.74, 6) is 0. The summed E-state index contributed by atoms with van der Waals surface area (Å²) < 4.78 is 0. The number of rotatable bonds is 8. The molecule has 0 atom stereocenters. The van der Waals surface area contributed by atoms with Crippen LogP contribution in [-0.2, 0) is 0 Å². The number of nitrogens with one attached hydrogen (secondary N) is 2. The lowest BCUT2D eigenvalue weighted by Crippen LogP contribution is -2.29. The zero-order valence-corrected chi connectivity index (χ0v) is 10.5. The van der Waals surface area contributed by atoms with Gasteiger partial charge in [-0.2, -0.15) is 0 Å². The van der Waals surface area contributed by atoms with Gasteiger partial charge in [0, 0.05) is 18.3 Å². The Morgan fingerprint density at radius 1 is 1.00 bits per heavy atom. The Kier molecular flexibility index (Phi) is 6.66. The molecule has 0 saturated carbocycles. The minimum absolute atomic E-state index is 0.691. The zero-order chi connectivity index (χ0) is 11.6. The van der Waals surface area contributed by atoms with Crippen molar-refractivity contribution >= 4 is 5.69 Å². The molecule has 0 spiro atoms. The maximum atomic E-state index is 3.57. The van der Waals surface area contributed by atoms with Gasteiger partial charge in [0.25, 0.3) is 0 Å². The standard InChI is InChI=1S/C14H24N2/c1-3-13(4-2)15-11-8-12-16-14-9-6-5-7-10-14/h5-7,9-10,13,15-16H,3-4,8,11-12H2,1-2H3. The van der Waals surface area contributed by atoms with Crippen LogP contribution in [0.25, 0.3) is 0 Å². The lowest BCUT2D eigenvalue weighted by atomic mass is 10.2. The lowest BCUT2D eigenvalue weighted by Gasteiger charge is -2.14. The minimum Gasteiger partial charge on any atom is -0.385 e. The molecule has 2 nitrogen and oxygen atoms in total. The van der Waals surface area contributed by atoms with Crippen LogP contribution in [0.2, 0.25) is 0 Å². The normalized spacial score (nSPS) is 10.7. The summed E-state index contributed by atoms with van der Waals surface area (Å²) in [6.45, 7) is 6.62. The summed E-state index contributed by atoms with van der Waals surface area (Å²) in [4.78, 5) is 0. The highest BCUT2D eigenvalue weighted by molar-refractivity contribution is 5.42. The highest BCUT2D eigenvalue weighted by atomic mass is 14.9. The van der Waals surface area contributed by atoms with E-state index in [1.54, 1.807) is 0 Å². The van der Waals surface area contributed by atoms with Crippen molar-refractivity contribution < 1.29 is 0 Å². The van der Waals surface area contributed by atoms with E-state index in [1.807, 2.05) is 6.07 Å². The highest BCUT2D eigenvalue weighted by Crippen LogP contribution is 2.04. The third kappa shape index (κ3) is 5.17. The molecule has 0 radical (unpaired) electrons. The smallest absolute Gasteiger partial charge is 0.0340 e. The molecule has 0 amide bonds. The van der Waals surface area contributed by atoms with Crippen molar-refractivity contribution in [3.8, 4) is 0 Å².